The normalized spacial score (nSPS) is 13.1. The zero-order valence-electron chi connectivity index (χ0n) is 10.8. The third-order valence-corrected chi connectivity index (χ3v) is 2.92. The van der Waals surface area contributed by atoms with Gasteiger partial charge in [0.1, 0.15) is 5.65 Å². The largest absolute Gasteiger partial charge is 0.353 e. The van der Waals surface area contributed by atoms with Gasteiger partial charge in [0, 0.05) is 12.2 Å². The quantitative estimate of drug-likeness (QED) is 0.825. The SMILES string of the molecule is CC(C)CC(C)n1c(=O)nc2ccccn2c1=O. The molecule has 5 heteroatoms. The maximum atomic E-state index is 12.3. The summed E-state index contributed by atoms with van der Waals surface area (Å²) in [5.41, 5.74) is -0.404. The molecule has 2 aromatic rings. The summed E-state index contributed by atoms with van der Waals surface area (Å²) in [5, 5.41) is 0. The summed E-state index contributed by atoms with van der Waals surface area (Å²) < 4.78 is 2.63. The zero-order chi connectivity index (χ0) is 13.3. The number of pyridine rings is 1. The van der Waals surface area contributed by atoms with Crippen LogP contribution in [0, 0.1) is 5.92 Å². The van der Waals surface area contributed by atoms with Gasteiger partial charge in [-0.05, 0) is 31.4 Å². The molecule has 1 atom stereocenters. The number of hydrogen-bond acceptors (Lipinski definition) is 3. The molecular formula is C13H17N3O2. The minimum absolute atomic E-state index is 0.144. The Morgan fingerprint density at radius 2 is 1.94 bits per heavy atom. The molecule has 2 heterocycles. The molecule has 2 aromatic heterocycles. The molecule has 0 N–H and O–H groups in total. The second kappa shape index (κ2) is 4.76. The fraction of sp³-hybridized carbons (Fsp3) is 0.462. The predicted molar refractivity (Wildman–Crippen MR) is 69.9 cm³/mol. The number of hydrogen-bond donors (Lipinski definition) is 0. The third-order valence-electron chi connectivity index (χ3n) is 2.92. The smallest absolute Gasteiger partial charge is 0.253 e. The van der Waals surface area contributed by atoms with Gasteiger partial charge in [0.2, 0.25) is 0 Å². The molecule has 5 nitrogen and oxygen atoms in total. The van der Waals surface area contributed by atoms with E-state index in [1.807, 2.05) is 6.92 Å². The Bertz CT molecular complexity index is 670. The Hall–Kier alpha value is -1.91. The van der Waals surface area contributed by atoms with Crippen molar-refractivity contribution in [3.63, 3.8) is 0 Å². The lowest BCUT2D eigenvalue weighted by Gasteiger charge is -2.16. The van der Waals surface area contributed by atoms with Crippen LogP contribution in [0.15, 0.2) is 34.0 Å². The lowest BCUT2D eigenvalue weighted by Crippen LogP contribution is -2.41. The van der Waals surface area contributed by atoms with E-state index < -0.39 is 5.69 Å². The van der Waals surface area contributed by atoms with E-state index >= 15 is 0 Å². The van der Waals surface area contributed by atoms with Gasteiger partial charge in [-0.15, -0.1) is 0 Å². The molecule has 0 amide bonds. The number of aromatic nitrogens is 3. The average molecular weight is 247 g/mol. The molecule has 0 radical (unpaired) electrons. The summed E-state index contributed by atoms with van der Waals surface area (Å²) in [4.78, 5) is 28.1. The van der Waals surface area contributed by atoms with E-state index in [2.05, 4.69) is 18.8 Å². The van der Waals surface area contributed by atoms with Crippen LogP contribution in [-0.2, 0) is 0 Å². The highest BCUT2D eigenvalue weighted by molar-refractivity contribution is 5.35. The first-order valence-electron chi connectivity index (χ1n) is 6.10. The Morgan fingerprint density at radius 3 is 2.61 bits per heavy atom. The molecule has 0 spiro atoms. The molecule has 0 aliphatic rings. The average Bonchev–Trinajstić information content (AvgIpc) is 2.27. The molecule has 0 saturated carbocycles. The topological polar surface area (TPSA) is 56.4 Å². The second-order valence-electron chi connectivity index (χ2n) is 4.95. The first kappa shape index (κ1) is 12.5. The first-order chi connectivity index (χ1) is 8.50. The Labute approximate surface area is 105 Å². The number of rotatable bonds is 3. The van der Waals surface area contributed by atoms with Crippen molar-refractivity contribution in [2.45, 2.75) is 33.2 Å². The molecular weight excluding hydrogens is 230 g/mol. The van der Waals surface area contributed by atoms with E-state index in [-0.39, 0.29) is 11.7 Å². The summed E-state index contributed by atoms with van der Waals surface area (Å²) in [6.07, 6.45) is 2.40. The Balaban J connectivity index is 2.65. The highest BCUT2D eigenvalue weighted by Gasteiger charge is 2.14. The van der Waals surface area contributed by atoms with Gasteiger partial charge in [-0.3, -0.25) is 4.40 Å². The molecule has 0 fully saturated rings. The molecule has 0 saturated heterocycles. The number of fused-ring (bicyclic) bond motifs is 1. The summed E-state index contributed by atoms with van der Waals surface area (Å²) in [7, 11) is 0. The van der Waals surface area contributed by atoms with Crippen molar-refractivity contribution < 1.29 is 0 Å². The van der Waals surface area contributed by atoms with E-state index in [0.29, 0.717) is 11.6 Å². The van der Waals surface area contributed by atoms with Gasteiger partial charge in [0.25, 0.3) is 0 Å². The van der Waals surface area contributed by atoms with E-state index in [9.17, 15) is 9.59 Å². The summed E-state index contributed by atoms with van der Waals surface area (Å²) in [5.74, 6) is 0.419. The lowest BCUT2D eigenvalue weighted by molar-refractivity contribution is 0.398. The van der Waals surface area contributed by atoms with Gasteiger partial charge in [0.05, 0.1) is 0 Å². The highest BCUT2D eigenvalue weighted by Crippen LogP contribution is 2.12. The maximum absolute atomic E-state index is 12.3. The van der Waals surface area contributed by atoms with Crippen LogP contribution in [0.5, 0.6) is 0 Å². The second-order valence-corrected chi connectivity index (χ2v) is 4.95. The van der Waals surface area contributed by atoms with Crippen molar-refractivity contribution in [2.75, 3.05) is 0 Å². The van der Waals surface area contributed by atoms with Crippen LogP contribution in [0.2, 0.25) is 0 Å². The van der Waals surface area contributed by atoms with Crippen molar-refractivity contribution in [1.82, 2.24) is 14.0 Å². The number of nitrogens with zero attached hydrogens (tertiary/aromatic N) is 3. The fourth-order valence-corrected chi connectivity index (χ4v) is 2.20. The first-order valence-corrected chi connectivity index (χ1v) is 6.10. The minimum atomic E-state index is -0.473. The van der Waals surface area contributed by atoms with Gasteiger partial charge in [0.15, 0.2) is 0 Å². The van der Waals surface area contributed by atoms with Crippen molar-refractivity contribution in [3.05, 3.63) is 45.4 Å². The molecule has 0 aliphatic heterocycles. The van der Waals surface area contributed by atoms with Crippen LogP contribution in [0.3, 0.4) is 0 Å². The van der Waals surface area contributed by atoms with Crippen LogP contribution in [-0.4, -0.2) is 14.0 Å². The van der Waals surface area contributed by atoms with Gasteiger partial charge in [-0.1, -0.05) is 19.9 Å². The van der Waals surface area contributed by atoms with Crippen LogP contribution in [0.4, 0.5) is 0 Å². The van der Waals surface area contributed by atoms with Crippen LogP contribution in [0.1, 0.15) is 33.2 Å². The Kier molecular flexibility index (Phi) is 3.32. The Morgan fingerprint density at radius 1 is 1.22 bits per heavy atom. The van der Waals surface area contributed by atoms with Gasteiger partial charge in [-0.25, -0.2) is 14.2 Å². The predicted octanol–water partition coefficient (Wildman–Crippen LogP) is 1.46. The van der Waals surface area contributed by atoms with Crippen molar-refractivity contribution in [1.29, 1.82) is 0 Å². The lowest BCUT2D eigenvalue weighted by atomic mass is 10.1. The summed E-state index contributed by atoms with van der Waals surface area (Å²) in [6.45, 7) is 6.00. The zero-order valence-corrected chi connectivity index (χ0v) is 10.8. The molecule has 2 rings (SSSR count). The van der Waals surface area contributed by atoms with Crippen LogP contribution in [0.25, 0.3) is 5.65 Å². The van der Waals surface area contributed by atoms with E-state index in [0.717, 1.165) is 6.42 Å². The molecule has 0 bridgehead atoms. The van der Waals surface area contributed by atoms with Crippen molar-refractivity contribution in [3.8, 4) is 0 Å². The van der Waals surface area contributed by atoms with Crippen LogP contribution < -0.4 is 11.4 Å². The van der Waals surface area contributed by atoms with E-state index in [1.165, 1.54) is 8.97 Å². The van der Waals surface area contributed by atoms with Crippen molar-refractivity contribution in [2.24, 2.45) is 5.92 Å². The monoisotopic (exact) mass is 247 g/mol. The van der Waals surface area contributed by atoms with E-state index in [1.54, 1.807) is 24.4 Å². The minimum Gasteiger partial charge on any atom is -0.253 e. The molecule has 0 aromatic carbocycles. The fourth-order valence-electron chi connectivity index (χ4n) is 2.20. The van der Waals surface area contributed by atoms with Crippen molar-refractivity contribution >= 4 is 5.65 Å². The van der Waals surface area contributed by atoms with Gasteiger partial charge < -0.3 is 0 Å². The van der Waals surface area contributed by atoms with Crippen LogP contribution >= 0.6 is 0 Å². The van der Waals surface area contributed by atoms with E-state index in [4.69, 9.17) is 0 Å². The third kappa shape index (κ3) is 2.20. The summed E-state index contributed by atoms with van der Waals surface area (Å²) >= 11 is 0. The van der Waals surface area contributed by atoms with Gasteiger partial charge >= 0.3 is 11.4 Å². The summed E-state index contributed by atoms with van der Waals surface area (Å²) in [6, 6.07) is 5.01. The standard InChI is InChI=1S/C13H17N3O2/c1-9(2)8-10(3)16-12(17)14-11-6-4-5-7-15(11)13(16)18/h4-7,9-10H,8H2,1-3H3. The molecule has 1 unspecified atom stereocenters. The molecule has 18 heavy (non-hydrogen) atoms. The maximum Gasteiger partial charge on any atom is 0.353 e. The molecule has 96 valence electrons. The molecule has 0 aliphatic carbocycles. The van der Waals surface area contributed by atoms with Gasteiger partial charge in [-0.2, -0.15) is 4.98 Å². The highest BCUT2D eigenvalue weighted by atomic mass is 16.2.